The molecule has 0 radical (unpaired) electrons. The third-order valence-corrected chi connectivity index (χ3v) is 6.02. The fourth-order valence-electron chi connectivity index (χ4n) is 4.75. The van der Waals surface area contributed by atoms with Crippen LogP contribution in [0.15, 0.2) is 48.5 Å². The Hall–Kier alpha value is -2.30. The van der Waals surface area contributed by atoms with E-state index in [1.165, 1.54) is 16.7 Å². The second kappa shape index (κ2) is 6.45. The van der Waals surface area contributed by atoms with Gasteiger partial charge in [0, 0.05) is 37.6 Å². The molecule has 0 aromatic heterocycles. The normalized spacial score (nSPS) is 28.5. The van der Waals surface area contributed by atoms with Crippen LogP contribution in [-0.2, 0) is 6.54 Å². The van der Waals surface area contributed by atoms with Gasteiger partial charge < -0.3 is 14.6 Å². The molecule has 0 spiro atoms. The first kappa shape index (κ1) is 15.9. The zero-order valence-corrected chi connectivity index (χ0v) is 14.7. The third kappa shape index (κ3) is 2.61. The molecule has 26 heavy (non-hydrogen) atoms. The van der Waals surface area contributed by atoms with Crippen LogP contribution in [0.3, 0.4) is 0 Å². The molecule has 2 bridgehead atoms. The fourth-order valence-corrected chi connectivity index (χ4v) is 4.75. The van der Waals surface area contributed by atoms with Gasteiger partial charge in [-0.15, -0.1) is 0 Å². The van der Waals surface area contributed by atoms with Gasteiger partial charge in [-0.1, -0.05) is 42.5 Å². The topological polar surface area (TPSA) is 41.9 Å². The van der Waals surface area contributed by atoms with E-state index in [4.69, 9.17) is 9.47 Å². The number of fused-ring (bicyclic) bond motifs is 5. The molecule has 2 aromatic carbocycles. The number of nitrogens with zero attached hydrogens (tertiary/aromatic N) is 1. The van der Waals surface area contributed by atoms with Crippen molar-refractivity contribution in [2.75, 3.05) is 19.9 Å². The van der Waals surface area contributed by atoms with Crippen molar-refractivity contribution in [1.82, 2.24) is 4.90 Å². The Balaban J connectivity index is 1.39. The predicted octanol–water partition coefficient (Wildman–Crippen LogP) is 3.41. The van der Waals surface area contributed by atoms with Gasteiger partial charge in [0.05, 0.1) is 0 Å². The molecule has 3 aliphatic heterocycles. The van der Waals surface area contributed by atoms with Crippen LogP contribution in [0, 0.1) is 5.92 Å². The van der Waals surface area contributed by atoms with Crippen molar-refractivity contribution in [3.8, 4) is 11.5 Å². The van der Waals surface area contributed by atoms with Crippen LogP contribution in [0.5, 0.6) is 11.5 Å². The Morgan fingerprint density at radius 2 is 1.92 bits per heavy atom. The molecular formula is C22H23NO3. The van der Waals surface area contributed by atoms with Gasteiger partial charge in [-0.05, 0) is 35.2 Å². The lowest BCUT2D eigenvalue weighted by Gasteiger charge is -2.28. The second-order valence-electron chi connectivity index (χ2n) is 7.40. The van der Waals surface area contributed by atoms with Gasteiger partial charge in [0.1, 0.15) is 0 Å². The second-order valence-corrected chi connectivity index (χ2v) is 7.40. The summed E-state index contributed by atoms with van der Waals surface area (Å²) >= 11 is 0. The van der Waals surface area contributed by atoms with Gasteiger partial charge in [-0.25, -0.2) is 0 Å². The van der Waals surface area contributed by atoms with Crippen LogP contribution in [0.2, 0.25) is 0 Å². The van der Waals surface area contributed by atoms with E-state index in [9.17, 15) is 5.11 Å². The van der Waals surface area contributed by atoms with Crippen molar-refractivity contribution in [2.45, 2.75) is 24.9 Å². The highest BCUT2D eigenvalue weighted by atomic mass is 16.7. The van der Waals surface area contributed by atoms with Gasteiger partial charge in [0.25, 0.3) is 0 Å². The molecule has 2 aromatic rings. The molecule has 0 amide bonds. The summed E-state index contributed by atoms with van der Waals surface area (Å²) in [5.41, 5.74) is 3.87. The number of aliphatic hydroxyl groups excluding tert-OH is 1. The molecule has 4 nitrogen and oxygen atoms in total. The summed E-state index contributed by atoms with van der Waals surface area (Å²) in [6, 6.07) is 15.0. The van der Waals surface area contributed by atoms with Crippen molar-refractivity contribution in [3.63, 3.8) is 0 Å². The molecule has 0 aliphatic carbocycles. The standard InChI is InChI=1S/C22H23NO3/c24-13-19-18-12-23(20(19)8-4-7-15-5-2-1-3-6-15)11-16-9-21-22(10-17(16)18)26-14-25-21/h1-7,9-10,18-20,24H,8,11-14H2/b7-4+/t18-,19+,20-/m0/s1. The minimum Gasteiger partial charge on any atom is -0.454 e. The minimum absolute atomic E-state index is 0.221. The van der Waals surface area contributed by atoms with E-state index in [0.717, 1.165) is 31.0 Å². The maximum atomic E-state index is 10.1. The lowest BCUT2D eigenvalue weighted by molar-refractivity contribution is 0.163. The zero-order chi connectivity index (χ0) is 17.5. The van der Waals surface area contributed by atoms with E-state index in [0.29, 0.717) is 18.8 Å². The largest absolute Gasteiger partial charge is 0.454 e. The Morgan fingerprint density at radius 3 is 2.73 bits per heavy atom. The van der Waals surface area contributed by atoms with Gasteiger partial charge >= 0.3 is 0 Å². The lowest BCUT2D eigenvalue weighted by Crippen LogP contribution is -2.33. The molecule has 4 heteroatoms. The smallest absolute Gasteiger partial charge is 0.231 e. The number of hydrogen-bond donors (Lipinski definition) is 1. The van der Waals surface area contributed by atoms with Crippen LogP contribution >= 0.6 is 0 Å². The van der Waals surface area contributed by atoms with Crippen LogP contribution in [0.1, 0.15) is 29.0 Å². The Bertz CT molecular complexity index is 833. The average Bonchev–Trinajstić information content (AvgIpc) is 3.24. The van der Waals surface area contributed by atoms with Crippen molar-refractivity contribution >= 4 is 6.08 Å². The van der Waals surface area contributed by atoms with Gasteiger partial charge in [-0.2, -0.15) is 0 Å². The monoisotopic (exact) mass is 349 g/mol. The summed E-state index contributed by atoms with van der Waals surface area (Å²) in [6.45, 7) is 2.46. The van der Waals surface area contributed by atoms with E-state index >= 15 is 0 Å². The first-order valence-electron chi connectivity index (χ1n) is 9.32. The fraction of sp³-hybridized carbons (Fsp3) is 0.364. The highest BCUT2D eigenvalue weighted by Crippen LogP contribution is 2.48. The molecule has 3 heterocycles. The van der Waals surface area contributed by atoms with Gasteiger partial charge in [0.15, 0.2) is 11.5 Å². The molecular weight excluding hydrogens is 326 g/mol. The summed E-state index contributed by atoms with van der Waals surface area (Å²) in [5.74, 6) is 2.33. The number of aliphatic hydroxyl groups is 1. The maximum Gasteiger partial charge on any atom is 0.231 e. The van der Waals surface area contributed by atoms with Crippen LogP contribution in [0.4, 0.5) is 0 Å². The highest BCUT2D eigenvalue weighted by Gasteiger charge is 2.45. The van der Waals surface area contributed by atoms with E-state index in [1.54, 1.807) is 0 Å². The molecule has 0 saturated carbocycles. The predicted molar refractivity (Wildman–Crippen MR) is 100 cm³/mol. The number of ether oxygens (including phenoxy) is 2. The molecule has 5 rings (SSSR count). The number of hydrogen-bond acceptors (Lipinski definition) is 4. The van der Waals surface area contributed by atoms with Crippen molar-refractivity contribution in [3.05, 3.63) is 65.2 Å². The Kier molecular flexibility index (Phi) is 3.95. The third-order valence-electron chi connectivity index (χ3n) is 6.02. The van der Waals surface area contributed by atoms with E-state index < -0.39 is 0 Å². The molecule has 1 saturated heterocycles. The summed E-state index contributed by atoms with van der Waals surface area (Å²) in [7, 11) is 0. The first-order valence-corrected chi connectivity index (χ1v) is 9.32. The summed E-state index contributed by atoms with van der Waals surface area (Å²) in [4.78, 5) is 2.52. The van der Waals surface area contributed by atoms with Crippen molar-refractivity contribution in [2.24, 2.45) is 5.92 Å². The SMILES string of the molecule is OC[C@@H]1[C@H]2CN(Cc3cc4c(cc32)OCO4)[C@H]1C/C=C/c1ccccc1. The first-order chi connectivity index (χ1) is 12.8. The highest BCUT2D eigenvalue weighted by molar-refractivity contribution is 5.52. The van der Waals surface area contributed by atoms with Gasteiger partial charge in [-0.3, -0.25) is 4.90 Å². The van der Waals surface area contributed by atoms with E-state index in [-0.39, 0.29) is 12.5 Å². The maximum absolute atomic E-state index is 10.1. The van der Waals surface area contributed by atoms with Gasteiger partial charge in [0.2, 0.25) is 6.79 Å². The quantitative estimate of drug-likeness (QED) is 0.919. The van der Waals surface area contributed by atoms with Crippen LogP contribution in [-0.4, -0.2) is 36.0 Å². The summed E-state index contributed by atoms with van der Waals surface area (Å²) in [6.07, 6.45) is 5.39. The number of rotatable bonds is 4. The van der Waals surface area contributed by atoms with Crippen molar-refractivity contribution < 1.29 is 14.6 Å². The van der Waals surface area contributed by atoms with E-state index in [1.807, 2.05) is 6.07 Å². The average molecular weight is 349 g/mol. The summed E-state index contributed by atoms with van der Waals surface area (Å²) in [5, 5.41) is 10.1. The zero-order valence-electron chi connectivity index (χ0n) is 14.7. The molecule has 1 unspecified atom stereocenters. The molecule has 4 atom stereocenters. The number of benzene rings is 2. The Morgan fingerprint density at radius 1 is 1.12 bits per heavy atom. The van der Waals surface area contributed by atoms with Crippen LogP contribution < -0.4 is 9.47 Å². The Labute approximate surface area is 153 Å². The molecule has 1 fully saturated rings. The van der Waals surface area contributed by atoms with Crippen molar-refractivity contribution in [1.29, 1.82) is 0 Å². The lowest BCUT2D eigenvalue weighted by atomic mass is 9.83. The minimum atomic E-state index is 0.221. The molecule has 3 aliphatic rings. The molecule has 1 N–H and O–H groups in total. The molecule has 134 valence electrons. The summed E-state index contributed by atoms with van der Waals surface area (Å²) < 4.78 is 11.1. The van der Waals surface area contributed by atoms with E-state index in [2.05, 4.69) is 53.5 Å². The van der Waals surface area contributed by atoms with Crippen LogP contribution in [0.25, 0.3) is 6.08 Å².